The molecule has 0 spiro atoms. The zero-order valence-electron chi connectivity index (χ0n) is 16.6. The summed E-state index contributed by atoms with van der Waals surface area (Å²) in [4.78, 5) is 14.6. The van der Waals surface area contributed by atoms with E-state index >= 15 is 0 Å². The molecular formula is C21H26FNO4S. The van der Waals surface area contributed by atoms with Crippen LogP contribution < -0.4 is 4.18 Å². The summed E-state index contributed by atoms with van der Waals surface area (Å²) in [5.74, 6) is -0.108. The molecule has 28 heavy (non-hydrogen) atoms. The van der Waals surface area contributed by atoms with Crippen molar-refractivity contribution in [2.24, 2.45) is 5.41 Å². The maximum absolute atomic E-state index is 13.2. The molecule has 2 rings (SSSR count). The molecular weight excluding hydrogens is 381 g/mol. The summed E-state index contributed by atoms with van der Waals surface area (Å²) >= 11 is 0. The molecule has 0 N–H and O–H groups in total. The first-order chi connectivity index (χ1) is 12.9. The van der Waals surface area contributed by atoms with Gasteiger partial charge in [-0.25, -0.2) is 4.39 Å². The van der Waals surface area contributed by atoms with E-state index in [1.165, 1.54) is 12.1 Å². The minimum absolute atomic E-state index is 0.00622. The van der Waals surface area contributed by atoms with Crippen LogP contribution in [0.4, 0.5) is 4.39 Å². The smallest absolute Gasteiger partial charge is 0.306 e. The molecule has 0 heterocycles. The van der Waals surface area contributed by atoms with E-state index in [9.17, 15) is 17.6 Å². The molecule has 0 saturated heterocycles. The molecule has 0 radical (unpaired) electrons. The first-order valence-corrected chi connectivity index (χ1v) is 10.7. The Hall–Kier alpha value is -2.41. The third-order valence-corrected chi connectivity index (χ3v) is 4.36. The fourth-order valence-electron chi connectivity index (χ4n) is 2.65. The van der Waals surface area contributed by atoms with Gasteiger partial charge in [0, 0.05) is 19.5 Å². The second-order valence-electron chi connectivity index (χ2n) is 8.05. The van der Waals surface area contributed by atoms with Crippen LogP contribution in [0.1, 0.15) is 38.3 Å². The quantitative estimate of drug-likeness (QED) is 0.648. The van der Waals surface area contributed by atoms with Crippen molar-refractivity contribution >= 4 is 16.0 Å². The summed E-state index contributed by atoms with van der Waals surface area (Å²) in [6.45, 7) is 6.71. The van der Waals surface area contributed by atoms with E-state index in [0.29, 0.717) is 19.5 Å². The van der Waals surface area contributed by atoms with Gasteiger partial charge in [-0.3, -0.25) is 4.79 Å². The van der Waals surface area contributed by atoms with Crippen LogP contribution in [0.5, 0.6) is 5.75 Å². The molecule has 0 aliphatic heterocycles. The molecule has 0 aliphatic carbocycles. The molecule has 5 nitrogen and oxygen atoms in total. The molecule has 2 aromatic rings. The van der Waals surface area contributed by atoms with E-state index in [-0.39, 0.29) is 22.9 Å². The Balaban J connectivity index is 2.18. The lowest BCUT2D eigenvalue weighted by Gasteiger charge is -2.27. The Kier molecular flexibility index (Phi) is 6.82. The van der Waals surface area contributed by atoms with E-state index in [1.807, 2.05) is 20.8 Å². The number of carbonyl (C=O) groups excluding carboxylic acids is 1. The van der Waals surface area contributed by atoms with Crippen molar-refractivity contribution in [3.8, 4) is 5.75 Å². The zero-order valence-corrected chi connectivity index (χ0v) is 17.4. The van der Waals surface area contributed by atoms with Crippen LogP contribution in [0.2, 0.25) is 0 Å². The predicted molar refractivity (Wildman–Crippen MR) is 107 cm³/mol. The standard InChI is InChI=1S/C21H26FNO4S/c1-21(2,3)13-20(24)23(14-16-5-9-18(22)10-6-16)15-17-7-11-19(12-8-17)27-28(4,25)26/h5-12H,13-15H2,1-4H3. The molecule has 0 bridgehead atoms. The molecule has 1 amide bonds. The predicted octanol–water partition coefficient (Wildman–Crippen LogP) is 4.13. The van der Waals surface area contributed by atoms with E-state index in [1.54, 1.807) is 41.3 Å². The number of hydrogen-bond acceptors (Lipinski definition) is 4. The van der Waals surface area contributed by atoms with Gasteiger partial charge < -0.3 is 9.08 Å². The van der Waals surface area contributed by atoms with Gasteiger partial charge in [-0.2, -0.15) is 8.42 Å². The van der Waals surface area contributed by atoms with Gasteiger partial charge in [-0.1, -0.05) is 45.0 Å². The van der Waals surface area contributed by atoms with Crippen molar-refractivity contribution in [1.29, 1.82) is 0 Å². The Morgan fingerprint density at radius 1 is 0.964 bits per heavy atom. The Labute approximate surface area is 166 Å². The molecule has 0 unspecified atom stereocenters. The summed E-state index contributed by atoms with van der Waals surface area (Å²) in [6, 6.07) is 12.6. The minimum atomic E-state index is -3.59. The van der Waals surface area contributed by atoms with Crippen molar-refractivity contribution in [3.63, 3.8) is 0 Å². The monoisotopic (exact) mass is 407 g/mol. The normalized spacial score (nSPS) is 11.9. The summed E-state index contributed by atoms with van der Waals surface area (Å²) in [6.07, 6.45) is 1.36. The van der Waals surface area contributed by atoms with Crippen molar-refractivity contribution < 1.29 is 21.8 Å². The number of carbonyl (C=O) groups is 1. The van der Waals surface area contributed by atoms with Crippen LogP contribution in [0.3, 0.4) is 0 Å². The van der Waals surface area contributed by atoms with Gasteiger partial charge in [0.25, 0.3) is 0 Å². The topological polar surface area (TPSA) is 63.7 Å². The number of halogens is 1. The van der Waals surface area contributed by atoms with Crippen LogP contribution in [0, 0.1) is 11.2 Å². The SMILES string of the molecule is CC(C)(C)CC(=O)N(Cc1ccc(F)cc1)Cc1ccc(OS(C)(=O)=O)cc1. The maximum atomic E-state index is 13.2. The average molecular weight is 408 g/mol. The fraction of sp³-hybridized carbons (Fsp3) is 0.381. The van der Waals surface area contributed by atoms with Crippen molar-refractivity contribution in [1.82, 2.24) is 4.90 Å². The van der Waals surface area contributed by atoms with Crippen LogP contribution in [0.15, 0.2) is 48.5 Å². The average Bonchev–Trinajstić information content (AvgIpc) is 2.55. The van der Waals surface area contributed by atoms with E-state index in [4.69, 9.17) is 4.18 Å². The number of nitrogens with zero attached hydrogens (tertiary/aromatic N) is 1. The molecule has 0 saturated carbocycles. The third kappa shape index (κ3) is 7.68. The second-order valence-corrected chi connectivity index (χ2v) is 9.62. The highest BCUT2D eigenvalue weighted by molar-refractivity contribution is 7.86. The largest absolute Gasteiger partial charge is 0.383 e. The minimum Gasteiger partial charge on any atom is -0.383 e. The summed E-state index contributed by atoms with van der Waals surface area (Å²) in [5, 5.41) is 0. The summed E-state index contributed by atoms with van der Waals surface area (Å²) in [7, 11) is -3.59. The molecule has 152 valence electrons. The molecule has 0 aromatic heterocycles. The molecule has 0 atom stereocenters. The second kappa shape index (κ2) is 8.73. The fourth-order valence-corrected chi connectivity index (χ4v) is 3.11. The van der Waals surface area contributed by atoms with Gasteiger partial charge in [0.05, 0.1) is 6.26 Å². The lowest BCUT2D eigenvalue weighted by Crippen LogP contribution is -2.32. The lowest BCUT2D eigenvalue weighted by atomic mass is 9.91. The van der Waals surface area contributed by atoms with Crippen LogP contribution >= 0.6 is 0 Å². The first-order valence-electron chi connectivity index (χ1n) is 8.92. The lowest BCUT2D eigenvalue weighted by molar-refractivity contribution is -0.134. The molecule has 0 aliphatic rings. The molecule has 7 heteroatoms. The van der Waals surface area contributed by atoms with E-state index in [2.05, 4.69) is 0 Å². The van der Waals surface area contributed by atoms with E-state index in [0.717, 1.165) is 17.4 Å². The van der Waals surface area contributed by atoms with Crippen molar-refractivity contribution in [3.05, 3.63) is 65.5 Å². The number of benzene rings is 2. The third-order valence-electron chi connectivity index (χ3n) is 3.87. The van der Waals surface area contributed by atoms with Gasteiger partial charge in [0.1, 0.15) is 11.6 Å². The van der Waals surface area contributed by atoms with Crippen LogP contribution in [-0.2, 0) is 28.0 Å². The van der Waals surface area contributed by atoms with Crippen molar-refractivity contribution in [2.45, 2.75) is 40.3 Å². The Morgan fingerprint density at radius 3 is 1.86 bits per heavy atom. The number of amides is 1. The van der Waals surface area contributed by atoms with Gasteiger partial charge >= 0.3 is 10.1 Å². The van der Waals surface area contributed by atoms with Crippen molar-refractivity contribution in [2.75, 3.05) is 6.26 Å². The Bertz CT molecular complexity index is 901. The highest BCUT2D eigenvalue weighted by atomic mass is 32.2. The number of hydrogen-bond donors (Lipinski definition) is 0. The van der Waals surface area contributed by atoms with Gasteiger partial charge in [0.2, 0.25) is 5.91 Å². The number of rotatable bonds is 7. The first kappa shape index (κ1) is 21.9. The summed E-state index contributed by atoms with van der Waals surface area (Å²) < 4.78 is 40.4. The highest BCUT2D eigenvalue weighted by Crippen LogP contribution is 2.23. The van der Waals surface area contributed by atoms with E-state index < -0.39 is 10.1 Å². The highest BCUT2D eigenvalue weighted by Gasteiger charge is 2.22. The maximum Gasteiger partial charge on any atom is 0.306 e. The van der Waals surface area contributed by atoms with Gasteiger partial charge in [0.15, 0.2) is 0 Å². The zero-order chi connectivity index (χ0) is 20.9. The van der Waals surface area contributed by atoms with Crippen LogP contribution in [-0.4, -0.2) is 25.5 Å². The molecule has 0 fully saturated rings. The summed E-state index contributed by atoms with van der Waals surface area (Å²) in [5.41, 5.74) is 1.51. The van der Waals surface area contributed by atoms with Crippen LogP contribution in [0.25, 0.3) is 0 Å². The Morgan fingerprint density at radius 2 is 1.43 bits per heavy atom. The van der Waals surface area contributed by atoms with Gasteiger partial charge in [-0.15, -0.1) is 0 Å². The van der Waals surface area contributed by atoms with Gasteiger partial charge in [-0.05, 0) is 40.8 Å². The molecule has 2 aromatic carbocycles.